The summed E-state index contributed by atoms with van der Waals surface area (Å²) in [6.07, 6.45) is 8.09. The van der Waals surface area contributed by atoms with E-state index in [4.69, 9.17) is 4.74 Å². The Kier molecular flexibility index (Phi) is 7.87. The minimum Gasteiger partial charge on any atom is -0.508 e. The van der Waals surface area contributed by atoms with Gasteiger partial charge in [-0.1, -0.05) is 31.2 Å². The molecule has 0 spiro atoms. The number of aryl methyl sites for hydroxylation is 1. The largest absolute Gasteiger partial charge is 0.508 e. The summed E-state index contributed by atoms with van der Waals surface area (Å²) in [5.74, 6) is 1.22. The Morgan fingerprint density at radius 2 is 2.00 bits per heavy atom. The summed E-state index contributed by atoms with van der Waals surface area (Å²) < 4.78 is 18.7. The van der Waals surface area contributed by atoms with E-state index in [0.717, 1.165) is 57.5 Å². The SMILES string of the molecule is C/C=C(\CC)C1=C(c2ccc(O[C@H]3CCN(CCCF)C3)cc2)c2ccc(O)cc2CCC1. The van der Waals surface area contributed by atoms with Gasteiger partial charge in [0.2, 0.25) is 0 Å². The van der Waals surface area contributed by atoms with Crippen LogP contribution in [-0.4, -0.2) is 42.4 Å². The fraction of sp³-hybridized carbons (Fsp3) is 0.448. The van der Waals surface area contributed by atoms with E-state index in [1.165, 1.54) is 33.4 Å². The van der Waals surface area contributed by atoms with E-state index in [-0.39, 0.29) is 12.8 Å². The number of fused-ring (bicyclic) bond motifs is 1. The van der Waals surface area contributed by atoms with Gasteiger partial charge in [0, 0.05) is 19.6 Å². The van der Waals surface area contributed by atoms with E-state index < -0.39 is 0 Å². The van der Waals surface area contributed by atoms with Crippen LogP contribution in [0.4, 0.5) is 4.39 Å². The standard InChI is InChI=1S/C29H36FNO2/c1-3-21(4-2)27-8-5-7-23-19-24(32)11-14-28(23)29(27)22-9-12-25(13-10-22)33-26-15-18-31(20-26)17-6-16-30/h3,9-14,19,26,32H,4-8,15-18,20H2,1-2H3/b21-3+/t26-/m0/s1. The fourth-order valence-corrected chi connectivity index (χ4v) is 5.29. The van der Waals surface area contributed by atoms with Crippen molar-refractivity contribution in [1.29, 1.82) is 0 Å². The van der Waals surface area contributed by atoms with E-state index in [1.807, 2.05) is 6.07 Å². The first-order valence-corrected chi connectivity index (χ1v) is 12.4. The lowest BCUT2D eigenvalue weighted by molar-refractivity contribution is 0.198. The van der Waals surface area contributed by atoms with E-state index in [2.05, 4.69) is 55.2 Å². The maximum absolute atomic E-state index is 12.5. The number of hydrogen-bond donors (Lipinski definition) is 1. The molecule has 0 radical (unpaired) electrons. The summed E-state index contributed by atoms with van der Waals surface area (Å²) in [5.41, 5.74) is 7.72. The highest BCUT2D eigenvalue weighted by atomic mass is 19.1. The molecule has 1 saturated heterocycles. The summed E-state index contributed by atoms with van der Waals surface area (Å²) in [6.45, 7) is 6.75. The molecule has 2 aliphatic rings. The number of aromatic hydroxyl groups is 1. The number of hydrogen-bond acceptors (Lipinski definition) is 3. The molecule has 3 nitrogen and oxygen atoms in total. The Labute approximate surface area is 197 Å². The molecule has 4 heteroatoms. The zero-order valence-electron chi connectivity index (χ0n) is 19.9. The number of alkyl halides is 1. The van der Waals surface area contributed by atoms with Crippen molar-refractivity contribution >= 4 is 5.57 Å². The third-order valence-corrected chi connectivity index (χ3v) is 6.93. The summed E-state index contributed by atoms with van der Waals surface area (Å²) in [4.78, 5) is 2.29. The number of phenolic OH excluding ortho intramolecular Hbond substituents is 1. The molecular formula is C29H36FNO2. The monoisotopic (exact) mass is 449 g/mol. The molecule has 1 heterocycles. The zero-order valence-corrected chi connectivity index (χ0v) is 19.9. The van der Waals surface area contributed by atoms with Crippen molar-refractivity contribution in [2.24, 2.45) is 0 Å². The Hall–Kier alpha value is -2.59. The summed E-state index contributed by atoms with van der Waals surface area (Å²) in [7, 11) is 0. The van der Waals surface area contributed by atoms with Crippen molar-refractivity contribution in [3.8, 4) is 11.5 Å². The molecule has 2 aromatic rings. The van der Waals surface area contributed by atoms with Crippen LogP contribution in [0.3, 0.4) is 0 Å². The number of rotatable bonds is 8. The van der Waals surface area contributed by atoms with Crippen LogP contribution in [-0.2, 0) is 6.42 Å². The predicted molar refractivity (Wildman–Crippen MR) is 134 cm³/mol. The van der Waals surface area contributed by atoms with Crippen molar-refractivity contribution in [3.63, 3.8) is 0 Å². The van der Waals surface area contributed by atoms with Gasteiger partial charge in [-0.05, 0) is 103 Å². The van der Waals surface area contributed by atoms with Crippen LogP contribution >= 0.6 is 0 Å². The van der Waals surface area contributed by atoms with Gasteiger partial charge in [0.25, 0.3) is 0 Å². The summed E-state index contributed by atoms with van der Waals surface area (Å²) in [6, 6.07) is 14.3. The van der Waals surface area contributed by atoms with Gasteiger partial charge >= 0.3 is 0 Å². The highest BCUT2D eigenvalue weighted by Crippen LogP contribution is 2.40. The number of halogens is 1. The Morgan fingerprint density at radius 3 is 2.73 bits per heavy atom. The first-order valence-electron chi connectivity index (χ1n) is 12.4. The lowest BCUT2D eigenvalue weighted by Crippen LogP contribution is -2.26. The Balaban J connectivity index is 1.62. The predicted octanol–water partition coefficient (Wildman–Crippen LogP) is 6.70. The molecule has 0 bridgehead atoms. The molecule has 33 heavy (non-hydrogen) atoms. The van der Waals surface area contributed by atoms with E-state index in [1.54, 1.807) is 6.07 Å². The van der Waals surface area contributed by atoms with Crippen LogP contribution in [0.2, 0.25) is 0 Å². The number of ether oxygens (including phenoxy) is 1. The molecule has 176 valence electrons. The third kappa shape index (κ3) is 5.50. The summed E-state index contributed by atoms with van der Waals surface area (Å²) >= 11 is 0. The van der Waals surface area contributed by atoms with E-state index in [0.29, 0.717) is 12.2 Å². The van der Waals surface area contributed by atoms with Crippen LogP contribution < -0.4 is 4.74 Å². The third-order valence-electron chi connectivity index (χ3n) is 6.93. The minimum atomic E-state index is -0.253. The fourth-order valence-electron chi connectivity index (χ4n) is 5.29. The molecular weight excluding hydrogens is 413 g/mol. The highest BCUT2D eigenvalue weighted by molar-refractivity contribution is 5.86. The lowest BCUT2D eigenvalue weighted by Gasteiger charge is -2.19. The first kappa shape index (κ1) is 23.6. The lowest BCUT2D eigenvalue weighted by atomic mass is 9.87. The van der Waals surface area contributed by atoms with E-state index >= 15 is 0 Å². The molecule has 0 unspecified atom stereocenters. The molecule has 1 atom stereocenters. The smallest absolute Gasteiger partial charge is 0.119 e. The molecule has 1 aliphatic heterocycles. The number of phenols is 1. The van der Waals surface area contributed by atoms with Crippen molar-refractivity contribution in [2.45, 2.75) is 58.5 Å². The van der Waals surface area contributed by atoms with Crippen molar-refractivity contribution < 1.29 is 14.2 Å². The topological polar surface area (TPSA) is 32.7 Å². The van der Waals surface area contributed by atoms with Crippen LogP contribution in [0.15, 0.2) is 59.7 Å². The average Bonchev–Trinajstić information content (AvgIpc) is 3.19. The average molecular weight is 450 g/mol. The van der Waals surface area contributed by atoms with E-state index in [9.17, 15) is 9.50 Å². The summed E-state index contributed by atoms with van der Waals surface area (Å²) in [5, 5.41) is 10.1. The Morgan fingerprint density at radius 1 is 1.18 bits per heavy atom. The number of likely N-dealkylation sites (tertiary alicyclic amines) is 1. The molecule has 4 rings (SSSR count). The molecule has 0 aromatic heterocycles. The van der Waals surface area contributed by atoms with Crippen molar-refractivity contribution in [3.05, 3.63) is 76.4 Å². The van der Waals surface area contributed by atoms with Crippen molar-refractivity contribution in [1.82, 2.24) is 4.90 Å². The van der Waals surface area contributed by atoms with Gasteiger partial charge in [-0.2, -0.15) is 0 Å². The molecule has 0 saturated carbocycles. The molecule has 2 aromatic carbocycles. The minimum absolute atomic E-state index is 0.168. The maximum atomic E-state index is 12.5. The second-order valence-electron chi connectivity index (χ2n) is 9.11. The van der Waals surface area contributed by atoms with Gasteiger partial charge in [-0.3, -0.25) is 9.29 Å². The highest BCUT2D eigenvalue weighted by Gasteiger charge is 2.24. The molecule has 1 aliphatic carbocycles. The van der Waals surface area contributed by atoms with Gasteiger partial charge < -0.3 is 9.84 Å². The Bertz CT molecular complexity index is 1010. The second kappa shape index (κ2) is 11.0. The maximum Gasteiger partial charge on any atom is 0.119 e. The first-order chi connectivity index (χ1) is 16.1. The quantitative estimate of drug-likeness (QED) is 0.487. The van der Waals surface area contributed by atoms with Gasteiger partial charge in [0.15, 0.2) is 0 Å². The molecule has 1 N–H and O–H groups in total. The van der Waals surface area contributed by atoms with Crippen LogP contribution in [0.25, 0.3) is 5.57 Å². The number of benzene rings is 2. The van der Waals surface area contributed by atoms with Crippen LogP contribution in [0.5, 0.6) is 11.5 Å². The molecule has 1 fully saturated rings. The van der Waals surface area contributed by atoms with Crippen LogP contribution in [0.1, 0.15) is 62.6 Å². The zero-order chi connectivity index (χ0) is 23.2. The second-order valence-corrected chi connectivity index (χ2v) is 9.11. The van der Waals surface area contributed by atoms with Gasteiger partial charge in [-0.25, -0.2) is 0 Å². The molecule has 0 amide bonds. The van der Waals surface area contributed by atoms with Gasteiger partial charge in [0.1, 0.15) is 17.6 Å². The normalized spacial score (nSPS) is 19.5. The number of allylic oxidation sites excluding steroid dienone is 3. The van der Waals surface area contributed by atoms with Crippen LogP contribution in [0, 0.1) is 0 Å². The van der Waals surface area contributed by atoms with Crippen molar-refractivity contribution in [2.75, 3.05) is 26.3 Å². The van der Waals surface area contributed by atoms with Gasteiger partial charge in [-0.15, -0.1) is 0 Å². The van der Waals surface area contributed by atoms with Gasteiger partial charge in [0.05, 0.1) is 6.67 Å². The number of nitrogens with zero attached hydrogens (tertiary/aromatic N) is 1.